The zero-order valence-electron chi connectivity index (χ0n) is 13.0. The minimum Gasteiger partial charge on any atom is -0.329 e. The van der Waals surface area contributed by atoms with Gasteiger partial charge >= 0.3 is 0 Å². The Morgan fingerprint density at radius 2 is 2.10 bits per heavy atom. The molecule has 0 amide bonds. The first-order chi connectivity index (χ1) is 10.0. The molecule has 4 heteroatoms. The molecule has 1 aromatic carbocycles. The van der Waals surface area contributed by atoms with E-state index in [0.29, 0.717) is 6.54 Å². The van der Waals surface area contributed by atoms with Crippen molar-refractivity contribution in [1.82, 2.24) is 4.90 Å². The van der Waals surface area contributed by atoms with Gasteiger partial charge in [-0.1, -0.05) is 31.5 Å². The van der Waals surface area contributed by atoms with Gasteiger partial charge < -0.3 is 5.73 Å². The normalized spacial score (nSPS) is 22.3. The van der Waals surface area contributed by atoms with Gasteiger partial charge in [-0.2, -0.15) is 0 Å². The number of rotatable bonds is 4. The molecule has 0 spiro atoms. The molecule has 1 aliphatic rings. The summed E-state index contributed by atoms with van der Waals surface area (Å²) in [5.41, 5.74) is 7.30. The molecule has 2 N–H and O–H groups in total. The highest BCUT2D eigenvalue weighted by Gasteiger charge is 2.25. The zero-order valence-corrected chi connectivity index (χ0v) is 15.3. The first-order valence-corrected chi connectivity index (χ1v) is 9.09. The molecule has 2 nitrogen and oxygen atoms in total. The maximum atomic E-state index is 6.24. The van der Waals surface area contributed by atoms with Crippen LogP contribution in [0.2, 0.25) is 5.02 Å². The standard InChI is InChI=1S/C17H26BrClN2/c1-12(2)13-4-3-8-21(9-7-13)17(11-20)14-5-6-15(18)16(19)10-14/h5-6,10,12-13,17H,3-4,7-9,11,20H2,1-2H3. The third kappa shape index (κ3) is 4.44. The molecule has 0 aliphatic carbocycles. The van der Waals surface area contributed by atoms with Crippen molar-refractivity contribution in [2.75, 3.05) is 19.6 Å². The largest absolute Gasteiger partial charge is 0.329 e. The van der Waals surface area contributed by atoms with Gasteiger partial charge in [-0.15, -0.1) is 0 Å². The smallest absolute Gasteiger partial charge is 0.0551 e. The van der Waals surface area contributed by atoms with E-state index in [2.05, 4.69) is 40.7 Å². The first-order valence-electron chi connectivity index (χ1n) is 7.92. The highest BCUT2D eigenvalue weighted by atomic mass is 79.9. The molecule has 21 heavy (non-hydrogen) atoms. The number of benzene rings is 1. The van der Waals surface area contributed by atoms with E-state index in [-0.39, 0.29) is 6.04 Å². The van der Waals surface area contributed by atoms with E-state index in [1.807, 2.05) is 12.1 Å². The second-order valence-corrected chi connectivity index (χ2v) is 7.66. The van der Waals surface area contributed by atoms with Crippen molar-refractivity contribution < 1.29 is 0 Å². The van der Waals surface area contributed by atoms with Crippen LogP contribution in [0, 0.1) is 11.8 Å². The van der Waals surface area contributed by atoms with Gasteiger partial charge in [0.05, 0.1) is 5.02 Å². The number of halogens is 2. The summed E-state index contributed by atoms with van der Waals surface area (Å²) >= 11 is 9.70. The summed E-state index contributed by atoms with van der Waals surface area (Å²) in [6, 6.07) is 6.49. The van der Waals surface area contributed by atoms with Crippen LogP contribution in [0.25, 0.3) is 0 Å². The number of hydrogen-bond donors (Lipinski definition) is 1. The van der Waals surface area contributed by atoms with Crippen molar-refractivity contribution in [3.63, 3.8) is 0 Å². The van der Waals surface area contributed by atoms with Crippen LogP contribution in [0.5, 0.6) is 0 Å². The van der Waals surface area contributed by atoms with Gasteiger partial charge in [0.1, 0.15) is 0 Å². The Balaban J connectivity index is 2.11. The molecule has 1 fully saturated rings. The van der Waals surface area contributed by atoms with Crippen LogP contribution >= 0.6 is 27.5 Å². The molecular weight excluding hydrogens is 348 g/mol. The van der Waals surface area contributed by atoms with Gasteiger partial charge in [0, 0.05) is 17.1 Å². The highest BCUT2D eigenvalue weighted by Crippen LogP contribution is 2.31. The zero-order chi connectivity index (χ0) is 15.4. The van der Waals surface area contributed by atoms with E-state index >= 15 is 0 Å². The molecule has 1 saturated heterocycles. The van der Waals surface area contributed by atoms with E-state index in [4.69, 9.17) is 17.3 Å². The van der Waals surface area contributed by atoms with Crippen LogP contribution < -0.4 is 5.73 Å². The third-order valence-electron chi connectivity index (χ3n) is 4.74. The van der Waals surface area contributed by atoms with E-state index < -0.39 is 0 Å². The van der Waals surface area contributed by atoms with Crippen molar-refractivity contribution in [3.05, 3.63) is 33.3 Å². The van der Waals surface area contributed by atoms with Crippen LogP contribution in [0.15, 0.2) is 22.7 Å². The number of nitrogens with two attached hydrogens (primary N) is 1. The molecule has 1 heterocycles. The van der Waals surface area contributed by atoms with Gasteiger partial charge in [-0.3, -0.25) is 4.90 Å². The SMILES string of the molecule is CC(C)C1CCCN(C(CN)c2ccc(Br)c(Cl)c2)CC1. The number of hydrogen-bond acceptors (Lipinski definition) is 2. The second kappa shape index (κ2) is 7.96. The van der Waals surface area contributed by atoms with E-state index in [0.717, 1.165) is 34.4 Å². The van der Waals surface area contributed by atoms with Crippen molar-refractivity contribution in [2.24, 2.45) is 17.6 Å². The van der Waals surface area contributed by atoms with Crippen molar-refractivity contribution in [1.29, 1.82) is 0 Å². The van der Waals surface area contributed by atoms with Crippen LogP contribution in [0.4, 0.5) is 0 Å². The maximum Gasteiger partial charge on any atom is 0.0551 e. The summed E-state index contributed by atoms with van der Waals surface area (Å²) < 4.78 is 0.944. The Morgan fingerprint density at radius 3 is 2.71 bits per heavy atom. The molecule has 0 aromatic heterocycles. The molecule has 0 radical (unpaired) electrons. The molecule has 0 bridgehead atoms. The third-order valence-corrected chi connectivity index (χ3v) is 5.98. The van der Waals surface area contributed by atoms with Crippen molar-refractivity contribution >= 4 is 27.5 Å². The fourth-order valence-corrected chi connectivity index (χ4v) is 3.77. The lowest BCUT2D eigenvalue weighted by atomic mass is 9.89. The summed E-state index contributed by atoms with van der Waals surface area (Å²) in [7, 11) is 0. The molecule has 1 aromatic rings. The van der Waals surface area contributed by atoms with Crippen LogP contribution in [0.1, 0.15) is 44.7 Å². The van der Waals surface area contributed by atoms with Gasteiger partial charge in [0.25, 0.3) is 0 Å². The molecule has 2 rings (SSSR count). The van der Waals surface area contributed by atoms with Crippen molar-refractivity contribution in [3.8, 4) is 0 Å². The van der Waals surface area contributed by atoms with Crippen LogP contribution in [-0.2, 0) is 0 Å². The monoisotopic (exact) mass is 372 g/mol. The van der Waals surface area contributed by atoms with Crippen molar-refractivity contribution in [2.45, 2.75) is 39.2 Å². The highest BCUT2D eigenvalue weighted by molar-refractivity contribution is 9.10. The van der Waals surface area contributed by atoms with Crippen LogP contribution in [-0.4, -0.2) is 24.5 Å². The number of likely N-dealkylation sites (tertiary alicyclic amines) is 1. The topological polar surface area (TPSA) is 29.3 Å². The quantitative estimate of drug-likeness (QED) is 0.816. The summed E-state index contributed by atoms with van der Waals surface area (Å²) in [5.74, 6) is 1.63. The lowest BCUT2D eigenvalue weighted by Crippen LogP contribution is -2.34. The van der Waals surface area contributed by atoms with Crippen LogP contribution in [0.3, 0.4) is 0 Å². The molecule has 0 saturated carbocycles. The molecule has 2 atom stereocenters. The Bertz CT molecular complexity index is 464. The second-order valence-electron chi connectivity index (χ2n) is 6.40. The van der Waals surface area contributed by atoms with Gasteiger partial charge in [0.15, 0.2) is 0 Å². The molecule has 1 aliphatic heterocycles. The fourth-order valence-electron chi connectivity index (χ4n) is 3.34. The Kier molecular flexibility index (Phi) is 6.54. The minimum atomic E-state index is 0.279. The predicted molar refractivity (Wildman–Crippen MR) is 94.7 cm³/mol. The number of nitrogens with zero attached hydrogens (tertiary/aromatic N) is 1. The lowest BCUT2D eigenvalue weighted by molar-refractivity contribution is 0.204. The summed E-state index contributed by atoms with van der Waals surface area (Å²) in [5, 5.41) is 0.765. The Morgan fingerprint density at radius 1 is 1.33 bits per heavy atom. The first kappa shape index (κ1) is 17.3. The Hall–Kier alpha value is -0.0900. The van der Waals surface area contributed by atoms with Gasteiger partial charge in [-0.05, 0) is 77.8 Å². The fraction of sp³-hybridized carbons (Fsp3) is 0.647. The summed E-state index contributed by atoms with van der Waals surface area (Å²) in [6.07, 6.45) is 3.88. The Labute approximate surface area is 142 Å². The molecule has 2 unspecified atom stereocenters. The molecule has 118 valence electrons. The average Bonchev–Trinajstić information content (AvgIpc) is 2.70. The lowest BCUT2D eigenvalue weighted by Gasteiger charge is -2.30. The van der Waals surface area contributed by atoms with E-state index in [9.17, 15) is 0 Å². The predicted octanol–water partition coefficient (Wildman–Crippen LogP) is 4.86. The van der Waals surface area contributed by atoms with E-state index in [1.54, 1.807) is 0 Å². The summed E-state index contributed by atoms with van der Waals surface area (Å²) in [6.45, 7) is 7.60. The average molecular weight is 374 g/mol. The minimum absolute atomic E-state index is 0.279. The maximum absolute atomic E-state index is 6.24. The van der Waals surface area contributed by atoms with Gasteiger partial charge in [-0.25, -0.2) is 0 Å². The molecular formula is C17H26BrClN2. The van der Waals surface area contributed by atoms with Gasteiger partial charge in [0.2, 0.25) is 0 Å². The van der Waals surface area contributed by atoms with E-state index in [1.165, 1.54) is 24.8 Å². The summed E-state index contributed by atoms with van der Waals surface area (Å²) in [4.78, 5) is 2.54.